The van der Waals surface area contributed by atoms with Crippen LogP contribution in [0.5, 0.6) is 0 Å². The molecule has 8 nitrogen and oxygen atoms in total. The summed E-state index contributed by atoms with van der Waals surface area (Å²) >= 11 is 0. The van der Waals surface area contributed by atoms with Gasteiger partial charge in [0.25, 0.3) is 0 Å². The molecule has 8 N–H and O–H groups in total. The molecule has 0 unspecified atom stereocenters. The molecule has 0 bridgehead atoms. The van der Waals surface area contributed by atoms with E-state index in [2.05, 4.69) is 55.5 Å². The van der Waals surface area contributed by atoms with Crippen LogP contribution >= 0.6 is 0 Å². The smallest absolute Gasteiger partial charge is 0.0514 e. The molecule has 1 aromatic rings. The summed E-state index contributed by atoms with van der Waals surface area (Å²) < 4.78 is 0. The number of benzene rings is 1. The normalized spacial score (nSPS) is 11.8. The van der Waals surface area contributed by atoms with Gasteiger partial charge in [0, 0.05) is 77.9 Å². The first-order valence-corrected chi connectivity index (χ1v) is 10.2. The van der Waals surface area contributed by atoms with Gasteiger partial charge >= 0.3 is 0 Å². The molecule has 0 radical (unpaired) electrons. The van der Waals surface area contributed by atoms with Crippen LogP contribution in [0.1, 0.15) is 11.1 Å². The van der Waals surface area contributed by atoms with E-state index in [0.717, 1.165) is 76.6 Å². The minimum Gasteiger partial charge on any atom is -0.329 e. The van der Waals surface area contributed by atoms with Gasteiger partial charge < -0.3 is 32.7 Å². The zero-order valence-corrected chi connectivity index (χ0v) is 17.0. The summed E-state index contributed by atoms with van der Waals surface area (Å²) in [6.07, 6.45) is 3.83. The van der Waals surface area contributed by atoms with Crippen molar-refractivity contribution in [3.8, 4) is 0 Å². The summed E-state index contributed by atoms with van der Waals surface area (Å²) in [4.78, 5) is 8.89. The van der Waals surface area contributed by atoms with Gasteiger partial charge in [0.15, 0.2) is 0 Å². The van der Waals surface area contributed by atoms with Crippen molar-refractivity contribution in [3.05, 3.63) is 35.4 Å². The quantitative estimate of drug-likeness (QED) is 0.138. The molecule has 1 aromatic carbocycles. The Morgan fingerprint density at radius 1 is 0.571 bits per heavy atom. The minimum atomic E-state index is 0.681. The Morgan fingerprint density at radius 3 is 1.29 bits per heavy atom. The third-order valence-electron chi connectivity index (χ3n) is 3.85. The van der Waals surface area contributed by atoms with Crippen LogP contribution in [-0.4, -0.2) is 91.0 Å². The van der Waals surface area contributed by atoms with Gasteiger partial charge in [-0.15, -0.1) is 0 Å². The molecule has 0 saturated heterocycles. The third kappa shape index (κ3) is 14.4. The van der Waals surface area contributed by atoms with Crippen molar-refractivity contribution >= 4 is 12.4 Å². The molecule has 0 heterocycles. The van der Waals surface area contributed by atoms with E-state index in [1.54, 1.807) is 0 Å². The highest BCUT2D eigenvalue weighted by Gasteiger charge is 1.91. The van der Waals surface area contributed by atoms with Gasteiger partial charge in [-0.3, -0.25) is 9.98 Å². The van der Waals surface area contributed by atoms with Crippen LogP contribution in [0, 0.1) is 0 Å². The molecule has 0 atom stereocenters. The predicted molar refractivity (Wildman–Crippen MR) is 121 cm³/mol. The predicted octanol–water partition coefficient (Wildman–Crippen LogP) is -1.20. The first-order valence-electron chi connectivity index (χ1n) is 10.2. The van der Waals surface area contributed by atoms with Crippen LogP contribution in [0.15, 0.2) is 34.3 Å². The van der Waals surface area contributed by atoms with E-state index in [1.165, 1.54) is 0 Å². The van der Waals surface area contributed by atoms with Gasteiger partial charge in [-0.1, -0.05) is 24.3 Å². The second-order valence-corrected chi connectivity index (χ2v) is 6.31. The number of hydrogen-bond acceptors (Lipinski definition) is 8. The van der Waals surface area contributed by atoms with E-state index < -0.39 is 0 Å². The molecule has 28 heavy (non-hydrogen) atoms. The lowest BCUT2D eigenvalue weighted by atomic mass is 10.1. The standard InChI is InChI=1S/C20H38N8/c21-5-7-23-9-11-25-13-15-27-17-19-1-2-20(4-3-19)18-28-16-14-26-12-10-24-8-6-22/h1-4,17-18,23-26H,5-16,21-22H2. The van der Waals surface area contributed by atoms with E-state index in [-0.39, 0.29) is 0 Å². The number of aliphatic imine (C=N–C) groups is 2. The maximum absolute atomic E-state index is 5.42. The lowest BCUT2D eigenvalue weighted by molar-refractivity contribution is 0.619. The molecule has 0 aromatic heterocycles. The number of nitrogens with two attached hydrogens (primary N) is 2. The van der Waals surface area contributed by atoms with E-state index >= 15 is 0 Å². The first kappa shape index (κ1) is 24.4. The van der Waals surface area contributed by atoms with E-state index in [4.69, 9.17) is 11.5 Å². The average molecular weight is 391 g/mol. The highest BCUT2D eigenvalue weighted by atomic mass is 15.0. The van der Waals surface area contributed by atoms with Crippen LogP contribution in [0.3, 0.4) is 0 Å². The second-order valence-electron chi connectivity index (χ2n) is 6.31. The fourth-order valence-electron chi connectivity index (χ4n) is 2.35. The van der Waals surface area contributed by atoms with Gasteiger partial charge in [0.2, 0.25) is 0 Å². The molecule has 0 spiro atoms. The Hall–Kier alpha value is -1.68. The highest BCUT2D eigenvalue weighted by molar-refractivity contribution is 5.84. The SMILES string of the molecule is NCCNCCNCCN=Cc1ccc(C=NCCNCCNCCN)cc1. The van der Waals surface area contributed by atoms with Crippen LogP contribution < -0.4 is 32.7 Å². The van der Waals surface area contributed by atoms with Crippen molar-refractivity contribution < 1.29 is 0 Å². The lowest BCUT2D eigenvalue weighted by Crippen LogP contribution is -2.31. The molecule has 0 aliphatic rings. The van der Waals surface area contributed by atoms with E-state index in [0.29, 0.717) is 13.1 Å². The molecule has 1 rings (SSSR count). The van der Waals surface area contributed by atoms with Gasteiger partial charge in [0.05, 0.1) is 13.1 Å². The van der Waals surface area contributed by atoms with Crippen LogP contribution in [0.25, 0.3) is 0 Å². The molecule has 0 aliphatic carbocycles. The Labute approximate surface area is 169 Å². The first-order chi connectivity index (χ1) is 13.9. The molecule has 0 aliphatic heterocycles. The maximum Gasteiger partial charge on any atom is 0.0514 e. The van der Waals surface area contributed by atoms with Crippen LogP contribution in [0.2, 0.25) is 0 Å². The molecular weight excluding hydrogens is 352 g/mol. The van der Waals surface area contributed by atoms with Gasteiger partial charge in [0.1, 0.15) is 0 Å². The zero-order chi connectivity index (χ0) is 20.1. The van der Waals surface area contributed by atoms with Crippen LogP contribution in [-0.2, 0) is 0 Å². The number of rotatable bonds is 18. The largest absolute Gasteiger partial charge is 0.329 e. The molecule has 0 saturated carbocycles. The van der Waals surface area contributed by atoms with Crippen molar-refractivity contribution in [1.82, 2.24) is 21.3 Å². The Balaban J connectivity index is 2.08. The minimum absolute atomic E-state index is 0.681. The van der Waals surface area contributed by atoms with E-state index in [9.17, 15) is 0 Å². The highest BCUT2D eigenvalue weighted by Crippen LogP contribution is 2.00. The van der Waals surface area contributed by atoms with Crippen molar-refractivity contribution in [2.24, 2.45) is 21.5 Å². The number of hydrogen-bond donors (Lipinski definition) is 6. The lowest BCUT2D eigenvalue weighted by Gasteiger charge is -2.04. The fraction of sp³-hybridized carbons (Fsp3) is 0.600. The van der Waals surface area contributed by atoms with Crippen molar-refractivity contribution in [1.29, 1.82) is 0 Å². The average Bonchev–Trinajstić information content (AvgIpc) is 2.72. The fourth-order valence-corrected chi connectivity index (χ4v) is 2.35. The number of nitrogens with one attached hydrogen (secondary N) is 4. The van der Waals surface area contributed by atoms with Crippen molar-refractivity contribution in [2.75, 3.05) is 78.5 Å². The topological polar surface area (TPSA) is 125 Å². The van der Waals surface area contributed by atoms with Crippen molar-refractivity contribution in [3.63, 3.8) is 0 Å². The molecule has 0 amide bonds. The van der Waals surface area contributed by atoms with E-state index in [1.807, 2.05) is 12.4 Å². The van der Waals surface area contributed by atoms with Gasteiger partial charge in [-0.05, 0) is 11.1 Å². The Morgan fingerprint density at radius 2 is 0.929 bits per heavy atom. The Kier molecular flexibility index (Phi) is 16.2. The number of nitrogens with zero attached hydrogens (tertiary/aromatic N) is 2. The molecule has 8 heteroatoms. The third-order valence-corrected chi connectivity index (χ3v) is 3.85. The summed E-state index contributed by atoms with van der Waals surface area (Å²) in [7, 11) is 0. The summed E-state index contributed by atoms with van der Waals surface area (Å²) in [6, 6.07) is 8.26. The van der Waals surface area contributed by atoms with Crippen molar-refractivity contribution in [2.45, 2.75) is 0 Å². The summed E-state index contributed by atoms with van der Waals surface area (Å²) in [5, 5.41) is 13.2. The summed E-state index contributed by atoms with van der Waals surface area (Å²) in [6.45, 7) is 10.1. The summed E-state index contributed by atoms with van der Waals surface area (Å²) in [5.41, 5.74) is 13.0. The van der Waals surface area contributed by atoms with Gasteiger partial charge in [-0.2, -0.15) is 0 Å². The summed E-state index contributed by atoms with van der Waals surface area (Å²) in [5.74, 6) is 0. The van der Waals surface area contributed by atoms with Crippen LogP contribution in [0.4, 0.5) is 0 Å². The second kappa shape index (κ2) is 18.7. The monoisotopic (exact) mass is 390 g/mol. The zero-order valence-electron chi connectivity index (χ0n) is 17.0. The Bertz CT molecular complexity index is 468. The molecular formula is C20H38N8. The maximum atomic E-state index is 5.42. The van der Waals surface area contributed by atoms with Gasteiger partial charge in [-0.25, -0.2) is 0 Å². The molecule has 158 valence electrons. The molecule has 0 fully saturated rings.